The van der Waals surface area contributed by atoms with Gasteiger partial charge in [0.2, 0.25) is 5.91 Å². The van der Waals surface area contributed by atoms with Gasteiger partial charge in [-0.1, -0.05) is 28.9 Å². The summed E-state index contributed by atoms with van der Waals surface area (Å²) in [6, 6.07) is 5.37. The second kappa shape index (κ2) is 9.49. The highest BCUT2D eigenvalue weighted by molar-refractivity contribution is 9.10. The van der Waals surface area contributed by atoms with Crippen molar-refractivity contribution in [3.63, 3.8) is 0 Å². The van der Waals surface area contributed by atoms with E-state index in [9.17, 15) is 9.18 Å². The molecule has 2 rings (SSSR count). The second-order valence-corrected chi connectivity index (χ2v) is 7.08. The maximum absolute atomic E-state index is 13.9. The van der Waals surface area contributed by atoms with Crippen LogP contribution in [-0.2, 0) is 16.0 Å². The molecule has 1 aliphatic heterocycles. The number of rotatable bonds is 7. The first-order chi connectivity index (χ1) is 11.5. The van der Waals surface area contributed by atoms with Gasteiger partial charge in [0.15, 0.2) is 0 Å². The lowest BCUT2D eigenvalue weighted by Gasteiger charge is -2.41. The zero-order valence-electron chi connectivity index (χ0n) is 14.4. The number of aryl methyl sites for hydroxylation is 1. The van der Waals surface area contributed by atoms with E-state index in [2.05, 4.69) is 27.8 Å². The summed E-state index contributed by atoms with van der Waals surface area (Å²) >= 11 is 3.25. The number of amides is 1. The number of piperazine rings is 1. The summed E-state index contributed by atoms with van der Waals surface area (Å²) in [5.74, 6) is -0.143. The Morgan fingerprint density at radius 2 is 2.21 bits per heavy atom. The number of hydrogen-bond acceptors (Lipinski definition) is 3. The third kappa shape index (κ3) is 5.26. The molecule has 1 aromatic carbocycles. The van der Waals surface area contributed by atoms with E-state index in [1.807, 2.05) is 11.0 Å². The van der Waals surface area contributed by atoms with Crippen LogP contribution >= 0.6 is 15.9 Å². The van der Waals surface area contributed by atoms with Crippen molar-refractivity contribution in [3.05, 3.63) is 34.1 Å². The molecular formula is C18H26BrFN2O2. The van der Waals surface area contributed by atoms with Gasteiger partial charge in [0, 0.05) is 50.2 Å². The Kier molecular flexibility index (Phi) is 7.65. The van der Waals surface area contributed by atoms with Crippen molar-refractivity contribution in [2.24, 2.45) is 0 Å². The third-order valence-electron chi connectivity index (χ3n) is 4.63. The number of nitrogens with zero attached hydrogens (tertiary/aromatic N) is 2. The molecular weight excluding hydrogens is 375 g/mol. The summed E-state index contributed by atoms with van der Waals surface area (Å²) in [6.45, 7) is 6.13. The van der Waals surface area contributed by atoms with Gasteiger partial charge in [-0.2, -0.15) is 0 Å². The summed E-state index contributed by atoms with van der Waals surface area (Å²) in [4.78, 5) is 16.8. The van der Waals surface area contributed by atoms with Crippen LogP contribution in [0.25, 0.3) is 0 Å². The predicted molar refractivity (Wildman–Crippen MR) is 96.5 cm³/mol. The smallest absolute Gasteiger partial charge is 0.223 e. The van der Waals surface area contributed by atoms with E-state index < -0.39 is 0 Å². The lowest BCUT2D eigenvalue weighted by Crippen LogP contribution is -2.55. The van der Waals surface area contributed by atoms with Crippen LogP contribution in [0.4, 0.5) is 4.39 Å². The molecule has 0 aliphatic carbocycles. The first-order valence-electron chi connectivity index (χ1n) is 8.49. The molecule has 4 nitrogen and oxygen atoms in total. The van der Waals surface area contributed by atoms with Gasteiger partial charge in [0.05, 0.1) is 6.61 Å². The molecule has 6 heteroatoms. The highest BCUT2D eigenvalue weighted by atomic mass is 79.9. The van der Waals surface area contributed by atoms with Gasteiger partial charge < -0.3 is 9.64 Å². The molecule has 1 fully saturated rings. The molecule has 1 aliphatic rings. The summed E-state index contributed by atoms with van der Waals surface area (Å²) in [6.07, 6.45) is 1.81. The summed E-state index contributed by atoms with van der Waals surface area (Å²) in [5, 5.41) is 0. The lowest BCUT2D eigenvalue weighted by molar-refractivity contribution is -0.134. The molecule has 1 atom stereocenters. The molecule has 1 amide bonds. The molecule has 0 spiro atoms. The van der Waals surface area contributed by atoms with Gasteiger partial charge in [0.1, 0.15) is 5.82 Å². The minimum atomic E-state index is -0.256. The summed E-state index contributed by atoms with van der Waals surface area (Å²) in [5.41, 5.74) is 0.595. The van der Waals surface area contributed by atoms with Crippen LogP contribution in [0.1, 0.15) is 25.3 Å². The topological polar surface area (TPSA) is 32.8 Å². The van der Waals surface area contributed by atoms with Crippen molar-refractivity contribution in [2.45, 2.75) is 32.2 Å². The second-order valence-electron chi connectivity index (χ2n) is 6.17. The normalized spacial score (nSPS) is 18.8. The van der Waals surface area contributed by atoms with Crippen LogP contribution in [0.3, 0.4) is 0 Å². The van der Waals surface area contributed by atoms with E-state index in [0.717, 1.165) is 32.6 Å². The zero-order chi connectivity index (χ0) is 17.5. The molecule has 0 N–H and O–H groups in total. The molecule has 0 radical (unpaired) electrons. The number of halogens is 2. The molecule has 0 bridgehead atoms. The van der Waals surface area contributed by atoms with Gasteiger partial charge in [-0.25, -0.2) is 4.39 Å². The third-order valence-corrected chi connectivity index (χ3v) is 5.13. The van der Waals surface area contributed by atoms with Gasteiger partial charge in [0.25, 0.3) is 0 Å². The fraction of sp³-hybridized carbons (Fsp3) is 0.611. The van der Waals surface area contributed by atoms with Crippen LogP contribution in [0.5, 0.6) is 0 Å². The Morgan fingerprint density at radius 1 is 1.42 bits per heavy atom. The van der Waals surface area contributed by atoms with Crippen LogP contribution in [0, 0.1) is 5.82 Å². The minimum Gasteiger partial charge on any atom is -0.383 e. The average molecular weight is 401 g/mol. The predicted octanol–water partition coefficient (Wildman–Crippen LogP) is 3.09. The molecule has 134 valence electrons. The zero-order valence-corrected chi connectivity index (χ0v) is 16.0. The Balaban J connectivity index is 1.86. The van der Waals surface area contributed by atoms with E-state index in [0.29, 0.717) is 35.5 Å². The van der Waals surface area contributed by atoms with Crippen molar-refractivity contribution >= 4 is 21.8 Å². The van der Waals surface area contributed by atoms with E-state index in [1.54, 1.807) is 13.2 Å². The van der Waals surface area contributed by atoms with E-state index >= 15 is 0 Å². The average Bonchev–Trinajstić information content (AvgIpc) is 2.58. The van der Waals surface area contributed by atoms with Gasteiger partial charge in [-0.05, 0) is 30.5 Å². The molecule has 1 aromatic rings. The van der Waals surface area contributed by atoms with Crippen molar-refractivity contribution < 1.29 is 13.9 Å². The Morgan fingerprint density at radius 3 is 2.88 bits per heavy atom. The van der Waals surface area contributed by atoms with Crippen LogP contribution in [-0.4, -0.2) is 61.6 Å². The van der Waals surface area contributed by atoms with E-state index in [4.69, 9.17) is 4.74 Å². The number of methoxy groups -OCH3 is 1. The fourth-order valence-corrected chi connectivity index (χ4v) is 3.47. The van der Waals surface area contributed by atoms with Gasteiger partial charge in [-0.3, -0.25) is 9.69 Å². The maximum Gasteiger partial charge on any atom is 0.223 e. The molecule has 0 aromatic heterocycles. The molecule has 1 heterocycles. The Hall–Kier alpha value is -0.980. The number of carbonyl (C=O) groups excluding carboxylic acids is 1. The van der Waals surface area contributed by atoms with Gasteiger partial charge >= 0.3 is 0 Å². The molecule has 24 heavy (non-hydrogen) atoms. The quantitative estimate of drug-likeness (QED) is 0.704. The molecule has 1 saturated heterocycles. The monoisotopic (exact) mass is 400 g/mol. The molecule has 0 saturated carbocycles. The lowest BCUT2D eigenvalue weighted by atomic mass is 10.1. The number of benzene rings is 1. The Labute approximate surface area is 152 Å². The largest absolute Gasteiger partial charge is 0.383 e. The van der Waals surface area contributed by atoms with Gasteiger partial charge in [-0.15, -0.1) is 0 Å². The number of carbonyl (C=O) groups is 1. The van der Waals surface area contributed by atoms with Crippen LogP contribution < -0.4 is 0 Å². The standard InChI is InChI=1S/C18H26BrFN2O2/c1-3-16-13-22(9-8-21(16)10-11-24-2)18(23)7-5-14-4-6-15(19)12-17(14)20/h4,6,12,16H,3,5,7-11,13H2,1-2H3. The van der Waals surface area contributed by atoms with Crippen molar-refractivity contribution in [3.8, 4) is 0 Å². The first kappa shape index (κ1) is 19.3. The van der Waals surface area contributed by atoms with Crippen LogP contribution in [0.15, 0.2) is 22.7 Å². The van der Waals surface area contributed by atoms with Crippen molar-refractivity contribution in [1.82, 2.24) is 9.80 Å². The van der Waals surface area contributed by atoms with E-state index in [-0.39, 0.29) is 11.7 Å². The van der Waals surface area contributed by atoms with Crippen LogP contribution in [0.2, 0.25) is 0 Å². The highest BCUT2D eigenvalue weighted by Crippen LogP contribution is 2.18. The minimum absolute atomic E-state index is 0.113. The van der Waals surface area contributed by atoms with Crippen molar-refractivity contribution in [2.75, 3.05) is 39.9 Å². The first-order valence-corrected chi connectivity index (χ1v) is 9.29. The molecule has 1 unspecified atom stereocenters. The maximum atomic E-state index is 13.9. The highest BCUT2D eigenvalue weighted by Gasteiger charge is 2.27. The van der Waals surface area contributed by atoms with E-state index in [1.165, 1.54) is 6.07 Å². The summed E-state index contributed by atoms with van der Waals surface area (Å²) < 4.78 is 19.7. The number of hydrogen-bond donors (Lipinski definition) is 0. The number of ether oxygens (including phenoxy) is 1. The fourth-order valence-electron chi connectivity index (χ4n) is 3.13. The Bertz CT molecular complexity index is 556. The summed E-state index contributed by atoms with van der Waals surface area (Å²) in [7, 11) is 1.71. The SMILES string of the molecule is CCC1CN(C(=O)CCc2ccc(Br)cc2F)CCN1CCOC. The van der Waals surface area contributed by atoms with Crippen molar-refractivity contribution in [1.29, 1.82) is 0 Å².